The fourth-order valence-electron chi connectivity index (χ4n) is 0.894. The number of alkyl halides is 3. The highest BCUT2D eigenvalue weighted by molar-refractivity contribution is 7.80. The third-order valence-electron chi connectivity index (χ3n) is 1.57. The molecule has 80 valence electrons. The Hall–Kier alpha value is -1.50. The molecule has 0 aliphatic rings. The molecule has 0 aromatic heterocycles. The van der Waals surface area contributed by atoms with E-state index in [2.05, 4.69) is 22.6 Å². The predicted molar refractivity (Wildman–Crippen MR) is 52.8 cm³/mol. The Labute approximate surface area is 88.8 Å². The third kappa shape index (κ3) is 3.28. The summed E-state index contributed by atoms with van der Waals surface area (Å²) in [5.41, 5.74) is 6.17. The van der Waals surface area contributed by atoms with Gasteiger partial charge >= 0.3 is 6.18 Å². The first-order chi connectivity index (χ1) is 6.93. The minimum absolute atomic E-state index is 0.102. The molecular weight excluding hydrogens is 227 g/mol. The summed E-state index contributed by atoms with van der Waals surface area (Å²) in [5.74, 6) is 0. The molecule has 0 aliphatic heterocycles. The van der Waals surface area contributed by atoms with E-state index < -0.39 is 11.7 Å². The molecule has 7 heteroatoms. The number of benzene rings is 1. The lowest BCUT2D eigenvalue weighted by atomic mass is 10.2. The van der Waals surface area contributed by atoms with Crippen LogP contribution in [0.1, 0.15) is 5.56 Å². The molecule has 2 N–H and O–H groups in total. The van der Waals surface area contributed by atoms with Crippen LogP contribution in [0.2, 0.25) is 0 Å². The highest BCUT2D eigenvalue weighted by Gasteiger charge is 2.29. The van der Waals surface area contributed by atoms with E-state index >= 15 is 0 Å². The number of nitrogens with zero attached hydrogens (tertiary/aromatic N) is 1. The third-order valence-corrected chi connectivity index (χ3v) is 1.76. The Kier molecular flexibility index (Phi) is 3.35. The second-order valence-corrected chi connectivity index (χ2v) is 3.00. The van der Waals surface area contributed by atoms with Gasteiger partial charge in [-0.15, -0.1) is 5.11 Å². The first kappa shape index (κ1) is 11.6. The SMILES string of the molecule is N=NC(=S)Nc1ccc(C(F)(F)F)cc1. The van der Waals surface area contributed by atoms with Gasteiger partial charge in [0.25, 0.3) is 0 Å². The van der Waals surface area contributed by atoms with E-state index in [4.69, 9.17) is 5.53 Å². The molecule has 1 aromatic rings. The normalized spacial score (nSPS) is 10.9. The van der Waals surface area contributed by atoms with Gasteiger partial charge in [0.15, 0.2) is 0 Å². The van der Waals surface area contributed by atoms with E-state index in [1.54, 1.807) is 0 Å². The van der Waals surface area contributed by atoms with Crippen LogP contribution >= 0.6 is 12.2 Å². The average molecular weight is 233 g/mol. The Morgan fingerprint density at radius 1 is 1.27 bits per heavy atom. The summed E-state index contributed by atoms with van der Waals surface area (Å²) in [5, 5.41) is 5.28. The van der Waals surface area contributed by atoms with Crippen LogP contribution in [0, 0.1) is 5.53 Å². The van der Waals surface area contributed by atoms with Gasteiger partial charge in [0.1, 0.15) is 0 Å². The molecule has 1 rings (SSSR count). The summed E-state index contributed by atoms with van der Waals surface area (Å²) in [6.07, 6.45) is -4.35. The van der Waals surface area contributed by atoms with Gasteiger partial charge in [0.05, 0.1) is 5.56 Å². The van der Waals surface area contributed by atoms with E-state index in [9.17, 15) is 13.2 Å². The minimum atomic E-state index is -4.35. The van der Waals surface area contributed by atoms with Gasteiger partial charge in [-0.25, -0.2) is 5.53 Å². The molecular formula is C8H6F3N3S. The fraction of sp³-hybridized carbons (Fsp3) is 0.125. The van der Waals surface area contributed by atoms with Crippen molar-refractivity contribution >= 4 is 23.0 Å². The van der Waals surface area contributed by atoms with Crippen LogP contribution < -0.4 is 5.32 Å². The van der Waals surface area contributed by atoms with E-state index in [1.165, 1.54) is 12.1 Å². The number of thiocarbonyl (C=S) groups is 1. The second kappa shape index (κ2) is 4.35. The van der Waals surface area contributed by atoms with E-state index in [0.717, 1.165) is 12.1 Å². The van der Waals surface area contributed by atoms with Crippen molar-refractivity contribution in [2.24, 2.45) is 5.11 Å². The molecule has 0 saturated carbocycles. The van der Waals surface area contributed by atoms with Crippen LogP contribution in [0.5, 0.6) is 0 Å². The van der Waals surface area contributed by atoms with Crippen molar-refractivity contribution in [1.29, 1.82) is 5.53 Å². The second-order valence-electron chi connectivity index (χ2n) is 2.62. The van der Waals surface area contributed by atoms with Gasteiger partial charge in [-0.2, -0.15) is 13.2 Å². The topological polar surface area (TPSA) is 48.2 Å². The molecule has 0 atom stereocenters. The van der Waals surface area contributed by atoms with Crippen LogP contribution in [-0.2, 0) is 6.18 Å². The predicted octanol–water partition coefficient (Wildman–Crippen LogP) is 3.43. The highest BCUT2D eigenvalue weighted by atomic mass is 32.1. The number of nitrogens with one attached hydrogen (secondary N) is 2. The fourth-order valence-corrected chi connectivity index (χ4v) is 1.01. The molecule has 0 fully saturated rings. The number of hydrogen-bond donors (Lipinski definition) is 2. The van der Waals surface area contributed by atoms with Gasteiger partial charge in [-0.05, 0) is 36.5 Å². The van der Waals surface area contributed by atoms with Crippen LogP contribution in [-0.4, -0.2) is 5.11 Å². The zero-order valence-corrected chi connectivity index (χ0v) is 8.12. The van der Waals surface area contributed by atoms with Crippen molar-refractivity contribution in [3.63, 3.8) is 0 Å². The smallest absolute Gasteiger partial charge is 0.330 e. The van der Waals surface area contributed by atoms with E-state index in [0.29, 0.717) is 5.69 Å². The minimum Gasteiger partial charge on any atom is -0.330 e. The number of rotatable bonds is 1. The molecule has 3 nitrogen and oxygen atoms in total. The largest absolute Gasteiger partial charge is 0.416 e. The monoisotopic (exact) mass is 233 g/mol. The van der Waals surface area contributed by atoms with Crippen molar-refractivity contribution in [2.45, 2.75) is 6.18 Å². The Morgan fingerprint density at radius 3 is 2.20 bits per heavy atom. The lowest BCUT2D eigenvalue weighted by Crippen LogP contribution is -2.07. The summed E-state index contributed by atoms with van der Waals surface area (Å²) in [6, 6.07) is 4.30. The summed E-state index contributed by atoms with van der Waals surface area (Å²) in [7, 11) is 0. The molecule has 0 aliphatic carbocycles. The zero-order chi connectivity index (χ0) is 11.5. The summed E-state index contributed by atoms with van der Waals surface area (Å²) in [6.45, 7) is 0. The maximum atomic E-state index is 12.2. The van der Waals surface area contributed by atoms with Crippen molar-refractivity contribution in [1.82, 2.24) is 0 Å². The van der Waals surface area contributed by atoms with Crippen molar-refractivity contribution in [2.75, 3.05) is 5.32 Å². The first-order valence-corrected chi connectivity index (χ1v) is 4.20. The maximum absolute atomic E-state index is 12.2. The standard InChI is InChI=1S/C8H6F3N3S/c9-8(10,11)5-1-3-6(4-2-5)13-7(15)14-12/h1-4,12H,(H,13,15). The summed E-state index contributed by atoms with van der Waals surface area (Å²) in [4.78, 5) is 0. The van der Waals surface area contributed by atoms with Crippen molar-refractivity contribution < 1.29 is 13.2 Å². The molecule has 0 amide bonds. The van der Waals surface area contributed by atoms with Crippen LogP contribution in [0.3, 0.4) is 0 Å². The summed E-state index contributed by atoms with van der Waals surface area (Å²) >= 11 is 4.56. The first-order valence-electron chi connectivity index (χ1n) is 3.79. The Morgan fingerprint density at radius 2 is 1.80 bits per heavy atom. The number of anilines is 1. The van der Waals surface area contributed by atoms with Gasteiger partial charge in [-0.3, -0.25) is 0 Å². The van der Waals surface area contributed by atoms with Crippen LogP contribution in [0.4, 0.5) is 18.9 Å². The lowest BCUT2D eigenvalue weighted by molar-refractivity contribution is -0.137. The van der Waals surface area contributed by atoms with Crippen LogP contribution in [0.15, 0.2) is 29.4 Å². The molecule has 0 radical (unpaired) electrons. The Balaban J connectivity index is 2.81. The van der Waals surface area contributed by atoms with Gasteiger partial charge in [0.2, 0.25) is 5.11 Å². The quantitative estimate of drug-likeness (QED) is 0.576. The Bertz CT molecular complexity index is 372. The van der Waals surface area contributed by atoms with Gasteiger partial charge < -0.3 is 5.32 Å². The molecule has 0 bridgehead atoms. The summed E-state index contributed by atoms with van der Waals surface area (Å²) < 4.78 is 36.5. The molecule has 15 heavy (non-hydrogen) atoms. The number of halogens is 3. The zero-order valence-electron chi connectivity index (χ0n) is 7.30. The van der Waals surface area contributed by atoms with E-state index in [-0.39, 0.29) is 5.11 Å². The lowest BCUT2D eigenvalue weighted by Gasteiger charge is -2.07. The van der Waals surface area contributed by atoms with Crippen molar-refractivity contribution in [3.8, 4) is 0 Å². The van der Waals surface area contributed by atoms with Crippen molar-refractivity contribution in [3.05, 3.63) is 29.8 Å². The molecule has 0 spiro atoms. The molecule has 0 heterocycles. The average Bonchev–Trinajstić information content (AvgIpc) is 2.17. The molecule has 0 saturated heterocycles. The number of hydrogen-bond acceptors (Lipinski definition) is 2. The van der Waals surface area contributed by atoms with Gasteiger partial charge in [0, 0.05) is 5.69 Å². The van der Waals surface area contributed by atoms with Gasteiger partial charge in [-0.1, -0.05) is 0 Å². The maximum Gasteiger partial charge on any atom is 0.416 e. The van der Waals surface area contributed by atoms with Crippen LogP contribution in [0.25, 0.3) is 0 Å². The molecule has 0 unspecified atom stereocenters. The highest BCUT2D eigenvalue weighted by Crippen LogP contribution is 2.29. The van der Waals surface area contributed by atoms with E-state index in [1.807, 2.05) is 0 Å². The molecule has 1 aromatic carbocycles.